The number of rotatable bonds is 6. The standard InChI is InChI=1S/C14H24O3S2/c1-18-9-16-13-4-11-3-12(15,6-13)7-14(5-11,8-13)17-10-19-2/h11,15H,3-10H2,1-2H3. The van der Waals surface area contributed by atoms with Gasteiger partial charge in [0.15, 0.2) is 0 Å². The molecule has 4 aliphatic carbocycles. The second kappa shape index (κ2) is 5.09. The Labute approximate surface area is 124 Å². The lowest BCUT2D eigenvalue weighted by atomic mass is 9.50. The summed E-state index contributed by atoms with van der Waals surface area (Å²) in [6.07, 6.45) is 9.88. The molecule has 4 saturated carbocycles. The van der Waals surface area contributed by atoms with E-state index in [1.807, 2.05) is 0 Å². The van der Waals surface area contributed by atoms with E-state index in [9.17, 15) is 5.11 Å². The maximum atomic E-state index is 10.9. The Balaban J connectivity index is 1.81. The Morgan fingerprint density at radius 1 is 0.947 bits per heavy atom. The van der Waals surface area contributed by atoms with E-state index in [1.54, 1.807) is 23.5 Å². The van der Waals surface area contributed by atoms with E-state index < -0.39 is 5.60 Å². The molecule has 4 aliphatic rings. The van der Waals surface area contributed by atoms with Crippen LogP contribution < -0.4 is 0 Å². The molecule has 0 aromatic carbocycles. The first kappa shape index (κ1) is 14.5. The monoisotopic (exact) mass is 304 g/mol. The van der Waals surface area contributed by atoms with Crippen molar-refractivity contribution < 1.29 is 14.6 Å². The molecule has 0 aliphatic heterocycles. The van der Waals surface area contributed by atoms with E-state index in [4.69, 9.17) is 9.47 Å². The van der Waals surface area contributed by atoms with E-state index in [1.165, 1.54) is 0 Å². The van der Waals surface area contributed by atoms with Gasteiger partial charge in [-0.15, -0.1) is 23.5 Å². The number of aliphatic hydroxyl groups is 1. The smallest absolute Gasteiger partial charge is 0.0925 e. The van der Waals surface area contributed by atoms with Crippen molar-refractivity contribution in [3.05, 3.63) is 0 Å². The largest absolute Gasteiger partial charge is 0.390 e. The van der Waals surface area contributed by atoms with Gasteiger partial charge in [0.25, 0.3) is 0 Å². The fraction of sp³-hybridized carbons (Fsp3) is 1.00. The summed E-state index contributed by atoms with van der Waals surface area (Å²) >= 11 is 3.43. The summed E-state index contributed by atoms with van der Waals surface area (Å²) < 4.78 is 12.4. The van der Waals surface area contributed by atoms with Crippen LogP contribution >= 0.6 is 23.5 Å². The highest BCUT2D eigenvalue weighted by Gasteiger charge is 2.64. The number of ether oxygens (including phenoxy) is 2. The highest BCUT2D eigenvalue weighted by molar-refractivity contribution is 7.98. The SMILES string of the molecule is CSCOC12CC3CC(O)(C1)CC(OCSC)(C3)C2. The van der Waals surface area contributed by atoms with Gasteiger partial charge < -0.3 is 14.6 Å². The number of hydrogen-bond donors (Lipinski definition) is 1. The summed E-state index contributed by atoms with van der Waals surface area (Å²) in [5.74, 6) is 2.02. The summed E-state index contributed by atoms with van der Waals surface area (Å²) in [4.78, 5) is 0. The van der Waals surface area contributed by atoms with Crippen molar-refractivity contribution in [2.75, 3.05) is 24.4 Å². The molecule has 2 atom stereocenters. The molecule has 0 heterocycles. The molecule has 3 nitrogen and oxygen atoms in total. The van der Waals surface area contributed by atoms with Crippen molar-refractivity contribution in [1.82, 2.24) is 0 Å². The van der Waals surface area contributed by atoms with Gasteiger partial charge in [-0.05, 0) is 37.7 Å². The second-order valence-corrected chi connectivity index (χ2v) is 8.33. The van der Waals surface area contributed by atoms with Crippen molar-refractivity contribution >= 4 is 23.5 Å². The summed E-state index contributed by atoms with van der Waals surface area (Å²) in [5, 5.41) is 10.9. The van der Waals surface area contributed by atoms with Crippen LogP contribution in [0.1, 0.15) is 38.5 Å². The summed E-state index contributed by atoms with van der Waals surface area (Å²) in [6.45, 7) is 0. The zero-order chi connectivity index (χ0) is 13.6. The van der Waals surface area contributed by atoms with Crippen LogP contribution in [0.15, 0.2) is 0 Å². The third-order valence-corrected chi connectivity index (χ3v) is 5.61. The average Bonchev–Trinajstić information content (AvgIpc) is 2.31. The third kappa shape index (κ3) is 2.69. The predicted molar refractivity (Wildman–Crippen MR) is 80.5 cm³/mol. The Hall–Kier alpha value is 0.580. The molecule has 0 radical (unpaired) electrons. The third-order valence-electron chi connectivity index (χ3n) is 4.90. The lowest BCUT2D eigenvalue weighted by Crippen LogP contribution is -2.67. The van der Waals surface area contributed by atoms with Crippen molar-refractivity contribution in [2.45, 2.75) is 55.3 Å². The van der Waals surface area contributed by atoms with Crippen molar-refractivity contribution in [3.63, 3.8) is 0 Å². The second-order valence-electron chi connectivity index (χ2n) is 6.70. The molecule has 110 valence electrons. The number of hydrogen-bond acceptors (Lipinski definition) is 5. The zero-order valence-electron chi connectivity index (χ0n) is 11.8. The van der Waals surface area contributed by atoms with Crippen LogP contribution in [-0.4, -0.2) is 46.3 Å². The molecule has 2 unspecified atom stereocenters. The molecular formula is C14H24O3S2. The molecule has 4 bridgehead atoms. The molecule has 0 amide bonds. The quantitative estimate of drug-likeness (QED) is 0.764. The van der Waals surface area contributed by atoms with E-state index >= 15 is 0 Å². The Bertz CT molecular complexity index is 326. The minimum Gasteiger partial charge on any atom is -0.390 e. The van der Waals surface area contributed by atoms with Gasteiger partial charge in [-0.2, -0.15) is 0 Å². The molecule has 4 fully saturated rings. The van der Waals surface area contributed by atoms with Crippen LogP contribution in [0.4, 0.5) is 0 Å². The van der Waals surface area contributed by atoms with Crippen molar-refractivity contribution in [3.8, 4) is 0 Å². The minimum absolute atomic E-state index is 0.129. The van der Waals surface area contributed by atoms with Crippen molar-refractivity contribution in [1.29, 1.82) is 0 Å². The van der Waals surface area contributed by atoms with Gasteiger partial charge in [-0.3, -0.25) is 0 Å². The van der Waals surface area contributed by atoms with Crippen LogP contribution in [0, 0.1) is 5.92 Å². The molecule has 0 aromatic heterocycles. The normalized spacial score (nSPS) is 47.8. The Morgan fingerprint density at radius 3 is 1.89 bits per heavy atom. The molecule has 4 rings (SSSR count). The van der Waals surface area contributed by atoms with Crippen LogP contribution in [-0.2, 0) is 9.47 Å². The molecule has 0 saturated heterocycles. The molecule has 5 heteroatoms. The van der Waals surface area contributed by atoms with E-state index in [-0.39, 0.29) is 11.2 Å². The van der Waals surface area contributed by atoms with Gasteiger partial charge >= 0.3 is 0 Å². The van der Waals surface area contributed by atoms with Gasteiger partial charge in [0.05, 0.1) is 28.7 Å². The molecular weight excluding hydrogens is 280 g/mol. The minimum atomic E-state index is -0.545. The fourth-order valence-corrected chi connectivity index (χ4v) is 5.64. The van der Waals surface area contributed by atoms with Crippen molar-refractivity contribution in [2.24, 2.45) is 5.92 Å². The van der Waals surface area contributed by atoms with Crippen LogP contribution in [0.3, 0.4) is 0 Å². The molecule has 1 N–H and O–H groups in total. The summed E-state index contributed by atoms with van der Waals surface area (Å²) in [7, 11) is 0. The van der Waals surface area contributed by atoms with Crippen LogP contribution in [0.25, 0.3) is 0 Å². The maximum absolute atomic E-state index is 10.9. The average molecular weight is 304 g/mol. The topological polar surface area (TPSA) is 38.7 Å². The van der Waals surface area contributed by atoms with Gasteiger partial charge in [0.2, 0.25) is 0 Å². The first-order chi connectivity index (χ1) is 9.03. The predicted octanol–water partition coefficient (Wildman–Crippen LogP) is 2.87. The first-order valence-corrected chi connectivity index (χ1v) is 9.80. The molecule has 19 heavy (non-hydrogen) atoms. The lowest BCUT2D eigenvalue weighted by Gasteiger charge is -2.64. The van der Waals surface area contributed by atoms with Crippen LogP contribution in [0.2, 0.25) is 0 Å². The summed E-state index contributed by atoms with van der Waals surface area (Å²) in [5.41, 5.74) is -0.804. The highest BCUT2D eigenvalue weighted by Crippen LogP contribution is 2.61. The van der Waals surface area contributed by atoms with Gasteiger partial charge in [0, 0.05) is 19.3 Å². The van der Waals surface area contributed by atoms with E-state index in [0.717, 1.165) is 50.4 Å². The Kier molecular flexibility index (Phi) is 3.89. The van der Waals surface area contributed by atoms with Crippen LogP contribution in [0.5, 0.6) is 0 Å². The lowest BCUT2D eigenvalue weighted by molar-refractivity contribution is -0.271. The Morgan fingerprint density at radius 2 is 1.47 bits per heavy atom. The first-order valence-electron chi connectivity index (χ1n) is 7.01. The molecule has 0 aromatic rings. The van der Waals surface area contributed by atoms with Gasteiger partial charge in [-0.25, -0.2) is 0 Å². The molecule has 0 spiro atoms. The fourth-order valence-electron chi connectivity index (χ4n) is 4.90. The zero-order valence-corrected chi connectivity index (χ0v) is 13.4. The number of thioether (sulfide) groups is 2. The van der Waals surface area contributed by atoms with E-state index in [2.05, 4.69) is 12.5 Å². The van der Waals surface area contributed by atoms with E-state index in [0.29, 0.717) is 5.92 Å². The highest BCUT2D eigenvalue weighted by atomic mass is 32.2. The summed E-state index contributed by atoms with van der Waals surface area (Å²) in [6, 6.07) is 0. The van der Waals surface area contributed by atoms with Gasteiger partial charge in [-0.1, -0.05) is 0 Å². The van der Waals surface area contributed by atoms with Gasteiger partial charge in [0.1, 0.15) is 0 Å². The maximum Gasteiger partial charge on any atom is 0.0925 e.